The van der Waals surface area contributed by atoms with E-state index in [1.807, 2.05) is 0 Å². The molecule has 1 saturated heterocycles. The number of nitrogens with zero attached hydrogens (tertiary/aromatic N) is 4. The fourth-order valence-corrected chi connectivity index (χ4v) is 5.95. The summed E-state index contributed by atoms with van der Waals surface area (Å²) in [5, 5.41) is 11.5. The van der Waals surface area contributed by atoms with Gasteiger partial charge in [0.05, 0.1) is 33.4 Å². The first-order chi connectivity index (χ1) is 18.3. The van der Waals surface area contributed by atoms with Crippen molar-refractivity contribution >= 4 is 34.8 Å². The van der Waals surface area contributed by atoms with Gasteiger partial charge in [-0.1, -0.05) is 23.5 Å². The van der Waals surface area contributed by atoms with Gasteiger partial charge in [-0.3, -0.25) is 19.5 Å². The normalized spacial score (nSPS) is 17.4. The number of halogens is 1. The van der Waals surface area contributed by atoms with E-state index < -0.39 is 28.3 Å². The molecule has 1 aromatic heterocycles. The van der Waals surface area contributed by atoms with Crippen LogP contribution in [0, 0.1) is 15.9 Å². The highest BCUT2D eigenvalue weighted by molar-refractivity contribution is 7.07. The minimum absolute atomic E-state index is 0.0726. The summed E-state index contributed by atoms with van der Waals surface area (Å²) in [5.41, 5.74) is 2.03. The molecular weight excluding hydrogens is 511 g/mol. The number of rotatable bonds is 6. The van der Waals surface area contributed by atoms with Gasteiger partial charge in [0.1, 0.15) is 5.82 Å². The zero-order chi connectivity index (χ0) is 27.0. The minimum Gasteiger partial charge on any atom is -0.463 e. The maximum atomic E-state index is 13.8. The maximum Gasteiger partial charge on any atom is 0.338 e. The number of anilines is 1. The highest BCUT2D eigenvalue weighted by Gasteiger charge is 2.33. The average molecular weight is 537 g/mol. The monoisotopic (exact) mass is 536 g/mol. The number of benzene rings is 2. The number of nitro groups is 1. The highest BCUT2D eigenvalue weighted by Crippen LogP contribution is 2.31. The van der Waals surface area contributed by atoms with Gasteiger partial charge in [-0.05, 0) is 56.5 Å². The number of aromatic nitrogens is 1. The van der Waals surface area contributed by atoms with Crippen molar-refractivity contribution in [2.24, 2.45) is 4.99 Å². The molecule has 38 heavy (non-hydrogen) atoms. The summed E-state index contributed by atoms with van der Waals surface area (Å²) >= 11 is 1.13. The van der Waals surface area contributed by atoms with E-state index in [4.69, 9.17) is 4.74 Å². The molecule has 196 valence electrons. The molecule has 0 aliphatic carbocycles. The van der Waals surface area contributed by atoms with Gasteiger partial charge in [-0.25, -0.2) is 14.2 Å². The standard InChI is InChI=1S/C27H25FN4O5S/c1-3-37-26(34)23-16(2)29-27-31(24(23)17-6-8-19(28)9-7-17)25(33)22(38-27)15-18-14-20(32(35)36)10-11-21(18)30-12-4-5-13-30/h6-11,14-15,24H,3-5,12-13H2,1-2H3/b22-15+/t24-/m1/s1. The molecule has 2 aliphatic heterocycles. The second-order valence-electron chi connectivity index (χ2n) is 9.05. The zero-order valence-electron chi connectivity index (χ0n) is 20.8. The molecule has 0 N–H and O–H groups in total. The molecule has 0 radical (unpaired) electrons. The fourth-order valence-electron chi connectivity index (χ4n) is 4.91. The Hall–Kier alpha value is -4.12. The first-order valence-corrected chi connectivity index (χ1v) is 13.1. The number of fused-ring (bicyclic) bond motifs is 1. The molecule has 0 spiro atoms. The van der Waals surface area contributed by atoms with E-state index in [1.54, 1.807) is 26.0 Å². The van der Waals surface area contributed by atoms with Crippen molar-refractivity contribution in [1.82, 2.24) is 4.57 Å². The van der Waals surface area contributed by atoms with Crippen LogP contribution < -0.4 is 19.8 Å². The quantitative estimate of drug-likeness (QED) is 0.271. The van der Waals surface area contributed by atoms with Crippen LogP contribution >= 0.6 is 11.3 Å². The molecule has 5 rings (SSSR count). The van der Waals surface area contributed by atoms with Crippen molar-refractivity contribution in [3.05, 3.63) is 100 Å². The van der Waals surface area contributed by atoms with Crippen LogP contribution in [0.3, 0.4) is 0 Å². The molecular formula is C27H25FN4O5S. The van der Waals surface area contributed by atoms with Crippen LogP contribution in [-0.4, -0.2) is 35.2 Å². The van der Waals surface area contributed by atoms with Gasteiger partial charge in [-0.2, -0.15) is 0 Å². The third kappa shape index (κ3) is 4.65. The number of allylic oxidation sites excluding steroid dienone is 1. The fraction of sp³-hybridized carbons (Fsp3) is 0.296. The third-order valence-corrected chi connectivity index (χ3v) is 7.64. The number of carbonyl (C=O) groups excluding carboxylic acids is 1. The molecule has 2 aliphatic rings. The lowest BCUT2D eigenvalue weighted by molar-refractivity contribution is -0.384. The van der Waals surface area contributed by atoms with E-state index in [0.29, 0.717) is 26.2 Å². The highest BCUT2D eigenvalue weighted by atomic mass is 32.1. The maximum absolute atomic E-state index is 13.8. The molecule has 0 bridgehead atoms. The summed E-state index contributed by atoms with van der Waals surface area (Å²) in [6, 6.07) is 9.40. The number of hydrogen-bond acceptors (Lipinski definition) is 8. The van der Waals surface area contributed by atoms with Crippen LogP contribution in [-0.2, 0) is 9.53 Å². The number of esters is 1. The minimum atomic E-state index is -0.865. The largest absolute Gasteiger partial charge is 0.463 e. The van der Waals surface area contributed by atoms with Gasteiger partial charge in [0.25, 0.3) is 11.2 Å². The first-order valence-electron chi connectivity index (χ1n) is 12.3. The summed E-state index contributed by atoms with van der Waals surface area (Å²) in [7, 11) is 0. The molecule has 2 aromatic carbocycles. The predicted molar refractivity (Wildman–Crippen MR) is 141 cm³/mol. The number of hydrogen-bond donors (Lipinski definition) is 0. The molecule has 3 heterocycles. The predicted octanol–water partition coefficient (Wildman–Crippen LogP) is 3.45. The van der Waals surface area contributed by atoms with Crippen LogP contribution in [0.25, 0.3) is 6.08 Å². The van der Waals surface area contributed by atoms with Crippen molar-refractivity contribution in [2.75, 3.05) is 24.6 Å². The van der Waals surface area contributed by atoms with Gasteiger partial charge >= 0.3 is 5.97 Å². The molecule has 9 nitrogen and oxygen atoms in total. The number of nitro benzene ring substituents is 1. The van der Waals surface area contributed by atoms with Crippen LogP contribution in [0.1, 0.15) is 43.9 Å². The number of ether oxygens (including phenoxy) is 1. The lowest BCUT2D eigenvalue weighted by Crippen LogP contribution is -2.40. The number of carbonyl (C=O) groups is 1. The number of thiazole rings is 1. The lowest BCUT2D eigenvalue weighted by Gasteiger charge is -2.24. The van der Waals surface area contributed by atoms with Crippen molar-refractivity contribution in [1.29, 1.82) is 0 Å². The van der Waals surface area contributed by atoms with E-state index in [9.17, 15) is 24.1 Å². The molecule has 1 atom stereocenters. The van der Waals surface area contributed by atoms with Gasteiger partial charge in [0.15, 0.2) is 4.80 Å². The van der Waals surface area contributed by atoms with Gasteiger partial charge < -0.3 is 9.64 Å². The second-order valence-corrected chi connectivity index (χ2v) is 10.1. The van der Waals surface area contributed by atoms with Crippen LogP contribution in [0.2, 0.25) is 0 Å². The van der Waals surface area contributed by atoms with Crippen molar-refractivity contribution in [3.8, 4) is 0 Å². The number of non-ortho nitro benzene ring substituents is 1. The average Bonchev–Trinajstić information content (AvgIpc) is 3.52. The molecule has 0 saturated carbocycles. The molecule has 1 fully saturated rings. The van der Waals surface area contributed by atoms with Crippen molar-refractivity contribution in [2.45, 2.75) is 32.7 Å². The van der Waals surface area contributed by atoms with Crippen LogP contribution in [0.5, 0.6) is 0 Å². The Bertz CT molecular complexity index is 1630. The smallest absolute Gasteiger partial charge is 0.338 e. The van der Waals surface area contributed by atoms with Gasteiger partial charge in [0, 0.05) is 36.5 Å². The van der Waals surface area contributed by atoms with E-state index in [1.165, 1.54) is 41.0 Å². The summed E-state index contributed by atoms with van der Waals surface area (Å²) in [4.78, 5) is 44.9. The van der Waals surface area contributed by atoms with Crippen LogP contribution in [0.4, 0.5) is 15.8 Å². The van der Waals surface area contributed by atoms with Crippen molar-refractivity contribution < 1.29 is 18.8 Å². The molecule has 11 heteroatoms. The zero-order valence-corrected chi connectivity index (χ0v) is 21.7. The summed E-state index contributed by atoms with van der Waals surface area (Å²) in [6.07, 6.45) is 3.69. The Morgan fingerprint density at radius 1 is 1.24 bits per heavy atom. The van der Waals surface area contributed by atoms with E-state index in [0.717, 1.165) is 43.0 Å². The summed E-state index contributed by atoms with van der Waals surface area (Å²) in [5.74, 6) is -1.05. The Morgan fingerprint density at radius 3 is 2.61 bits per heavy atom. The van der Waals surface area contributed by atoms with Gasteiger partial charge in [-0.15, -0.1) is 0 Å². The molecule has 3 aromatic rings. The Morgan fingerprint density at radius 2 is 1.95 bits per heavy atom. The molecule has 0 amide bonds. The second kappa shape index (κ2) is 10.3. The molecule has 0 unspecified atom stereocenters. The summed E-state index contributed by atoms with van der Waals surface area (Å²) < 4.78 is 20.7. The third-order valence-electron chi connectivity index (χ3n) is 6.66. The van der Waals surface area contributed by atoms with Gasteiger partial charge in [0.2, 0.25) is 0 Å². The lowest BCUT2D eigenvalue weighted by atomic mass is 9.96. The Balaban J connectivity index is 1.72. The SMILES string of the molecule is CCOC(=O)C1=C(C)N=c2s/c(=C/c3cc([N+](=O)[O-])ccc3N3CCCC3)c(=O)n2[C@@H]1c1ccc(F)cc1. The Labute approximate surface area is 221 Å². The Kier molecular flexibility index (Phi) is 6.94. The topological polar surface area (TPSA) is 107 Å². The van der Waals surface area contributed by atoms with E-state index in [-0.39, 0.29) is 17.9 Å². The van der Waals surface area contributed by atoms with E-state index in [2.05, 4.69) is 9.89 Å². The van der Waals surface area contributed by atoms with Crippen LogP contribution in [0.15, 0.2) is 63.5 Å². The summed E-state index contributed by atoms with van der Waals surface area (Å²) in [6.45, 7) is 5.15. The van der Waals surface area contributed by atoms with E-state index >= 15 is 0 Å². The van der Waals surface area contributed by atoms with Crippen molar-refractivity contribution in [3.63, 3.8) is 0 Å². The first kappa shape index (κ1) is 25.5.